The summed E-state index contributed by atoms with van der Waals surface area (Å²) in [6.07, 6.45) is 2.22. The van der Waals surface area contributed by atoms with Crippen molar-refractivity contribution in [3.05, 3.63) is 24.4 Å². The Labute approximate surface area is 120 Å². The Hall–Kier alpha value is -2.02. The Bertz CT molecular complexity index is 571. The molecule has 0 amide bonds. The molecule has 2 rings (SSSR count). The van der Waals surface area contributed by atoms with Crippen molar-refractivity contribution >= 4 is 22.4 Å². The fourth-order valence-corrected chi connectivity index (χ4v) is 2.49. The van der Waals surface area contributed by atoms with Crippen LogP contribution in [0.1, 0.15) is 20.3 Å². The lowest BCUT2D eigenvalue weighted by Gasteiger charge is -2.14. The zero-order valence-electron chi connectivity index (χ0n) is 11.3. The molecule has 0 bridgehead atoms. The SMILES string of the molecule is CC(C)C[C@H](Nc1nnc(-c2ccccn2)s1)C(=O)O. The van der Waals surface area contributed by atoms with Crippen LogP contribution in [0.25, 0.3) is 10.7 Å². The smallest absolute Gasteiger partial charge is 0.326 e. The average Bonchev–Trinajstić information content (AvgIpc) is 2.87. The van der Waals surface area contributed by atoms with Crippen molar-refractivity contribution in [3.63, 3.8) is 0 Å². The van der Waals surface area contributed by atoms with Crippen molar-refractivity contribution in [3.8, 4) is 10.7 Å². The summed E-state index contributed by atoms with van der Waals surface area (Å²) in [5.74, 6) is -0.597. The van der Waals surface area contributed by atoms with Crippen molar-refractivity contribution in [1.29, 1.82) is 0 Å². The molecule has 7 heteroatoms. The number of carboxylic acids is 1. The van der Waals surface area contributed by atoms with Crippen molar-refractivity contribution < 1.29 is 9.90 Å². The first kappa shape index (κ1) is 14.4. The summed E-state index contributed by atoms with van der Waals surface area (Å²) in [5, 5.41) is 21.3. The van der Waals surface area contributed by atoms with E-state index in [0.717, 1.165) is 5.69 Å². The van der Waals surface area contributed by atoms with Gasteiger partial charge in [0.25, 0.3) is 0 Å². The standard InChI is InChI=1S/C13H16N4O2S/c1-8(2)7-10(12(18)19)15-13-17-16-11(20-13)9-5-3-4-6-14-9/h3-6,8,10H,7H2,1-2H3,(H,15,17)(H,18,19)/t10-/m0/s1. The average molecular weight is 292 g/mol. The van der Waals surface area contributed by atoms with Crippen molar-refractivity contribution in [2.24, 2.45) is 5.92 Å². The van der Waals surface area contributed by atoms with Crippen LogP contribution in [0.3, 0.4) is 0 Å². The molecule has 0 aliphatic heterocycles. The molecule has 2 N–H and O–H groups in total. The Balaban J connectivity index is 2.10. The number of hydrogen-bond donors (Lipinski definition) is 2. The van der Waals surface area contributed by atoms with E-state index in [1.807, 2.05) is 32.0 Å². The molecular weight excluding hydrogens is 276 g/mol. The number of carboxylic acid groups (broad SMARTS) is 1. The number of nitrogens with one attached hydrogen (secondary N) is 1. The molecule has 1 atom stereocenters. The highest BCUT2D eigenvalue weighted by Gasteiger charge is 2.20. The maximum Gasteiger partial charge on any atom is 0.326 e. The molecule has 106 valence electrons. The molecule has 0 unspecified atom stereocenters. The molecule has 6 nitrogen and oxygen atoms in total. The minimum absolute atomic E-state index is 0.284. The summed E-state index contributed by atoms with van der Waals surface area (Å²) < 4.78 is 0. The number of carbonyl (C=O) groups is 1. The summed E-state index contributed by atoms with van der Waals surface area (Å²) in [6.45, 7) is 3.97. The summed E-state index contributed by atoms with van der Waals surface area (Å²) in [5.41, 5.74) is 0.730. The molecule has 20 heavy (non-hydrogen) atoms. The number of hydrogen-bond acceptors (Lipinski definition) is 6. The number of aliphatic carboxylic acids is 1. The number of pyridine rings is 1. The Morgan fingerprint density at radius 3 is 2.80 bits per heavy atom. The van der Waals surface area contributed by atoms with Gasteiger partial charge in [0, 0.05) is 6.20 Å². The molecular formula is C13H16N4O2S. The van der Waals surface area contributed by atoms with E-state index in [4.69, 9.17) is 0 Å². The van der Waals surface area contributed by atoms with Crippen LogP contribution in [0.2, 0.25) is 0 Å². The van der Waals surface area contributed by atoms with Crippen LogP contribution in [0, 0.1) is 5.92 Å². The van der Waals surface area contributed by atoms with E-state index < -0.39 is 12.0 Å². The van der Waals surface area contributed by atoms with Gasteiger partial charge in [0.2, 0.25) is 5.13 Å². The van der Waals surface area contributed by atoms with Gasteiger partial charge in [0.1, 0.15) is 11.7 Å². The lowest BCUT2D eigenvalue weighted by Crippen LogP contribution is -2.30. The molecule has 0 radical (unpaired) electrons. The first-order valence-electron chi connectivity index (χ1n) is 6.30. The molecule has 0 aliphatic rings. The second kappa shape index (κ2) is 6.42. The van der Waals surface area contributed by atoms with Gasteiger partial charge < -0.3 is 10.4 Å². The maximum atomic E-state index is 11.2. The fraction of sp³-hybridized carbons (Fsp3) is 0.385. The van der Waals surface area contributed by atoms with Gasteiger partial charge in [-0.25, -0.2) is 4.79 Å². The van der Waals surface area contributed by atoms with Crippen LogP contribution >= 0.6 is 11.3 Å². The second-order valence-electron chi connectivity index (χ2n) is 4.79. The van der Waals surface area contributed by atoms with Gasteiger partial charge in [-0.1, -0.05) is 31.3 Å². The lowest BCUT2D eigenvalue weighted by molar-refractivity contribution is -0.138. The zero-order chi connectivity index (χ0) is 14.5. The van der Waals surface area contributed by atoms with E-state index in [1.54, 1.807) is 6.20 Å². The van der Waals surface area contributed by atoms with Gasteiger partial charge >= 0.3 is 5.97 Å². The molecule has 2 aromatic heterocycles. The van der Waals surface area contributed by atoms with Crippen molar-refractivity contribution in [2.75, 3.05) is 5.32 Å². The molecule has 0 saturated carbocycles. The number of rotatable bonds is 6. The van der Waals surface area contributed by atoms with Gasteiger partial charge in [-0.3, -0.25) is 4.98 Å². The van der Waals surface area contributed by atoms with Gasteiger partial charge in [-0.15, -0.1) is 10.2 Å². The molecule has 0 fully saturated rings. The van der Waals surface area contributed by atoms with Crippen LogP contribution in [0.4, 0.5) is 5.13 Å². The number of aromatic nitrogens is 3. The van der Waals surface area contributed by atoms with Gasteiger partial charge in [-0.2, -0.15) is 0 Å². The highest BCUT2D eigenvalue weighted by atomic mass is 32.1. The van der Waals surface area contributed by atoms with E-state index >= 15 is 0 Å². The molecule has 0 saturated heterocycles. The van der Waals surface area contributed by atoms with E-state index in [0.29, 0.717) is 16.6 Å². The summed E-state index contributed by atoms with van der Waals surface area (Å²) in [7, 11) is 0. The Kier molecular flexibility index (Phi) is 4.62. The molecule has 0 aromatic carbocycles. The normalized spacial score (nSPS) is 12.3. The molecule has 0 spiro atoms. The topological polar surface area (TPSA) is 88.0 Å². The van der Waals surface area contributed by atoms with Crippen LogP contribution in [-0.4, -0.2) is 32.3 Å². The van der Waals surface area contributed by atoms with E-state index in [-0.39, 0.29) is 5.92 Å². The van der Waals surface area contributed by atoms with E-state index in [1.165, 1.54) is 11.3 Å². The maximum absolute atomic E-state index is 11.2. The van der Waals surface area contributed by atoms with E-state index in [2.05, 4.69) is 20.5 Å². The van der Waals surface area contributed by atoms with Crippen LogP contribution in [-0.2, 0) is 4.79 Å². The van der Waals surface area contributed by atoms with Crippen LogP contribution < -0.4 is 5.32 Å². The predicted octanol–water partition coefficient (Wildman–Crippen LogP) is 2.51. The first-order chi connectivity index (χ1) is 9.56. The minimum Gasteiger partial charge on any atom is -0.480 e. The molecule has 0 aliphatic carbocycles. The molecule has 2 heterocycles. The van der Waals surface area contributed by atoms with Crippen molar-refractivity contribution in [2.45, 2.75) is 26.3 Å². The Morgan fingerprint density at radius 2 is 2.20 bits per heavy atom. The minimum atomic E-state index is -0.881. The third kappa shape index (κ3) is 3.74. The largest absolute Gasteiger partial charge is 0.480 e. The second-order valence-corrected chi connectivity index (χ2v) is 5.77. The van der Waals surface area contributed by atoms with E-state index in [9.17, 15) is 9.90 Å². The fourth-order valence-electron chi connectivity index (χ4n) is 1.72. The van der Waals surface area contributed by atoms with Crippen LogP contribution in [0.5, 0.6) is 0 Å². The van der Waals surface area contributed by atoms with Crippen molar-refractivity contribution in [1.82, 2.24) is 15.2 Å². The van der Waals surface area contributed by atoms with Gasteiger partial charge in [0.05, 0.1) is 0 Å². The Morgan fingerprint density at radius 1 is 1.40 bits per heavy atom. The lowest BCUT2D eigenvalue weighted by atomic mass is 10.0. The van der Waals surface area contributed by atoms with Gasteiger partial charge in [-0.05, 0) is 24.5 Å². The highest BCUT2D eigenvalue weighted by molar-refractivity contribution is 7.18. The number of anilines is 1. The molecule has 2 aromatic rings. The summed E-state index contributed by atoms with van der Waals surface area (Å²) in [4.78, 5) is 15.4. The summed E-state index contributed by atoms with van der Waals surface area (Å²) in [6, 6.07) is 4.88. The third-order valence-electron chi connectivity index (χ3n) is 2.61. The summed E-state index contributed by atoms with van der Waals surface area (Å²) >= 11 is 1.30. The quantitative estimate of drug-likeness (QED) is 0.850. The third-order valence-corrected chi connectivity index (χ3v) is 3.49. The number of nitrogens with zero attached hydrogens (tertiary/aromatic N) is 3. The van der Waals surface area contributed by atoms with Crippen LogP contribution in [0.15, 0.2) is 24.4 Å². The first-order valence-corrected chi connectivity index (χ1v) is 7.12. The highest BCUT2D eigenvalue weighted by Crippen LogP contribution is 2.25. The van der Waals surface area contributed by atoms with Gasteiger partial charge in [0.15, 0.2) is 5.01 Å². The zero-order valence-corrected chi connectivity index (χ0v) is 12.1. The monoisotopic (exact) mass is 292 g/mol. The predicted molar refractivity (Wildman–Crippen MR) is 77.6 cm³/mol.